The molecule has 1 aromatic heterocycles. The lowest BCUT2D eigenvalue weighted by Gasteiger charge is -2.26. The van der Waals surface area contributed by atoms with Crippen LogP contribution in [0.1, 0.15) is 17.8 Å². The third-order valence-corrected chi connectivity index (χ3v) is 4.84. The summed E-state index contributed by atoms with van der Waals surface area (Å²) in [6.07, 6.45) is 0. The molecule has 0 saturated heterocycles. The number of hydrogen-bond acceptors (Lipinski definition) is 4. The predicted octanol–water partition coefficient (Wildman–Crippen LogP) is 3.22. The van der Waals surface area contributed by atoms with Crippen LogP contribution in [-0.4, -0.2) is 19.1 Å². The van der Waals surface area contributed by atoms with Crippen molar-refractivity contribution >= 4 is 23.3 Å². The smallest absolute Gasteiger partial charge is 0.338 e. The summed E-state index contributed by atoms with van der Waals surface area (Å²) in [4.78, 5) is 25.8. The summed E-state index contributed by atoms with van der Waals surface area (Å²) < 4.78 is 4.86. The molecule has 6 heteroatoms. The average Bonchev–Trinajstić information content (AvgIpc) is 3.04. The summed E-state index contributed by atoms with van der Waals surface area (Å²) in [6, 6.07) is 13.1. The van der Waals surface area contributed by atoms with Gasteiger partial charge in [0.15, 0.2) is 0 Å². The van der Waals surface area contributed by atoms with E-state index in [9.17, 15) is 9.59 Å². The number of carbonyl (C=O) groups is 2. The van der Waals surface area contributed by atoms with Crippen LogP contribution in [0.4, 0.5) is 4.79 Å². The minimum absolute atomic E-state index is 0.324. The number of methoxy groups -OCH3 is 1. The lowest BCUT2D eigenvalue weighted by atomic mass is 10.0. The minimum atomic E-state index is -0.501. The van der Waals surface area contributed by atoms with Crippen molar-refractivity contribution in [1.29, 1.82) is 0 Å². The van der Waals surface area contributed by atoms with Gasteiger partial charge in [-0.2, -0.15) is 0 Å². The number of ether oxygens (including phenoxy) is 1. The van der Waals surface area contributed by atoms with Gasteiger partial charge in [-0.15, -0.1) is 11.3 Å². The number of esters is 1. The van der Waals surface area contributed by atoms with E-state index in [2.05, 4.69) is 10.6 Å². The molecule has 0 saturated carbocycles. The SMILES string of the molecule is COC(=O)C1=C(C)NC(=O)N[C@@H]1c1ccc(-c2ccccc2)s1. The van der Waals surface area contributed by atoms with Crippen molar-refractivity contribution in [2.45, 2.75) is 13.0 Å². The first-order valence-corrected chi connectivity index (χ1v) is 7.93. The molecule has 0 aliphatic carbocycles. The Morgan fingerprint density at radius 3 is 2.61 bits per heavy atom. The molecule has 0 bridgehead atoms. The number of hydrogen-bond donors (Lipinski definition) is 2. The average molecular weight is 328 g/mol. The summed E-state index contributed by atoms with van der Waals surface area (Å²) in [5.41, 5.74) is 2.04. The standard InChI is InChI=1S/C17H16N2O3S/c1-10-14(16(20)22-2)15(19-17(21)18-10)13-9-8-12(23-13)11-6-4-3-5-7-11/h3-9,15H,1-2H3,(H2,18,19,21)/t15-/m1/s1. The molecule has 5 nitrogen and oxygen atoms in total. The van der Waals surface area contributed by atoms with Gasteiger partial charge in [-0.05, 0) is 24.6 Å². The van der Waals surface area contributed by atoms with Gasteiger partial charge in [0.25, 0.3) is 0 Å². The highest BCUT2D eigenvalue weighted by Gasteiger charge is 2.32. The summed E-state index contributed by atoms with van der Waals surface area (Å²) in [7, 11) is 1.33. The molecular formula is C17H16N2O3S. The van der Waals surface area contributed by atoms with Gasteiger partial charge in [0.05, 0.1) is 18.7 Å². The van der Waals surface area contributed by atoms with Gasteiger partial charge in [-0.3, -0.25) is 0 Å². The van der Waals surface area contributed by atoms with E-state index in [1.165, 1.54) is 7.11 Å². The lowest BCUT2D eigenvalue weighted by Crippen LogP contribution is -2.45. The highest BCUT2D eigenvalue weighted by molar-refractivity contribution is 7.15. The Labute approximate surface area is 138 Å². The zero-order valence-corrected chi connectivity index (χ0v) is 13.6. The molecule has 0 unspecified atom stereocenters. The minimum Gasteiger partial charge on any atom is -0.466 e. The van der Waals surface area contributed by atoms with Crippen molar-refractivity contribution in [3.63, 3.8) is 0 Å². The number of carbonyl (C=O) groups excluding carboxylic acids is 2. The van der Waals surface area contributed by atoms with Crippen LogP contribution in [0.5, 0.6) is 0 Å². The third-order valence-electron chi connectivity index (χ3n) is 3.64. The highest BCUT2D eigenvalue weighted by atomic mass is 32.1. The molecule has 0 radical (unpaired) electrons. The second-order valence-electron chi connectivity index (χ2n) is 5.13. The second kappa shape index (κ2) is 6.26. The summed E-state index contributed by atoms with van der Waals surface area (Å²) in [5, 5.41) is 5.41. The van der Waals surface area contributed by atoms with Crippen LogP contribution >= 0.6 is 11.3 Å². The van der Waals surface area contributed by atoms with Crippen LogP contribution in [-0.2, 0) is 9.53 Å². The molecule has 1 aliphatic heterocycles. The van der Waals surface area contributed by atoms with E-state index >= 15 is 0 Å². The van der Waals surface area contributed by atoms with Crippen LogP contribution < -0.4 is 10.6 Å². The molecule has 1 atom stereocenters. The number of thiophene rings is 1. The van der Waals surface area contributed by atoms with E-state index in [1.807, 2.05) is 42.5 Å². The molecule has 2 aromatic rings. The first-order chi connectivity index (χ1) is 11.1. The number of urea groups is 1. The zero-order valence-electron chi connectivity index (χ0n) is 12.8. The molecule has 118 valence electrons. The third kappa shape index (κ3) is 2.98. The number of benzene rings is 1. The van der Waals surface area contributed by atoms with Crippen molar-refractivity contribution < 1.29 is 14.3 Å². The molecule has 2 heterocycles. The zero-order chi connectivity index (χ0) is 16.4. The normalized spacial score (nSPS) is 17.5. The van der Waals surface area contributed by atoms with Crippen LogP contribution in [0.15, 0.2) is 53.7 Å². The van der Waals surface area contributed by atoms with Crippen LogP contribution in [0.3, 0.4) is 0 Å². The lowest BCUT2D eigenvalue weighted by molar-refractivity contribution is -0.136. The second-order valence-corrected chi connectivity index (χ2v) is 6.25. The van der Waals surface area contributed by atoms with Crippen LogP contribution in [0.25, 0.3) is 10.4 Å². The quantitative estimate of drug-likeness (QED) is 0.850. The Balaban J connectivity index is 1.99. The molecule has 0 spiro atoms. The molecule has 2 amide bonds. The molecule has 0 fully saturated rings. The van der Waals surface area contributed by atoms with Gasteiger partial charge in [-0.1, -0.05) is 30.3 Å². The van der Waals surface area contributed by atoms with E-state index in [4.69, 9.17) is 4.74 Å². The first-order valence-electron chi connectivity index (χ1n) is 7.12. The van der Waals surface area contributed by atoms with Crippen molar-refractivity contribution in [2.75, 3.05) is 7.11 Å². The van der Waals surface area contributed by atoms with E-state index in [0.717, 1.165) is 15.3 Å². The molecule has 2 N–H and O–H groups in total. The molecule has 23 heavy (non-hydrogen) atoms. The molecule has 1 aliphatic rings. The number of nitrogens with one attached hydrogen (secondary N) is 2. The van der Waals surface area contributed by atoms with Gasteiger partial charge in [-0.25, -0.2) is 9.59 Å². The molecular weight excluding hydrogens is 312 g/mol. The van der Waals surface area contributed by atoms with E-state index in [0.29, 0.717) is 11.3 Å². The highest BCUT2D eigenvalue weighted by Crippen LogP contribution is 2.36. The maximum Gasteiger partial charge on any atom is 0.338 e. The largest absolute Gasteiger partial charge is 0.466 e. The number of allylic oxidation sites excluding steroid dienone is 1. The van der Waals surface area contributed by atoms with E-state index in [1.54, 1.807) is 18.3 Å². The molecule has 1 aromatic carbocycles. The Morgan fingerprint density at radius 2 is 1.91 bits per heavy atom. The Bertz CT molecular complexity index is 780. The van der Waals surface area contributed by atoms with Crippen LogP contribution in [0.2, 0.25) is 0 Å². The Morgan fingerprint density at radius 1 is 1.17 bits per heavy atom. The summed E-state index contributed by atoms with van der Waals surface area (Å²) in [6.45, 7) is 1.70. The first kappa shape index (κ1) is 15.3. The predicted molar refractivity (Wildman–Crippen MR) is 88.9 cm³/mol. The fourth-order valence-electron chi connectivity index (χ4n) is 2.55. The van der Waals surface area contributed by atoms with Crippen molar-refractivity contribution in [3.05, 3.63) is 58.6 Å². The number of amides is 2. The van der Waals surface area contributed by atoms with Gasteiger partial charge in [0.1, 0.15) is 0 Å². The Hall–Kier alpha value is -2.60. The monoisotopic (exact) mass is 328 g/mol. The maximum absolute atomic E-state index is 12.1. The van der Waals surface area contributed by atoms with Crippen molar-refractivity contribution in [1.82, 2.24) is 10.6 Å². The van der Waals surface area contributed by atoms with Crippen molar-refractivity contribution in [3.8, 4) is 10.4 Å². The van der Waals surface area contributed by atoms with Crippen molar-refractivity contribution in [2.24, 2.45) is 0 Å². The topological polar surface area (TPSA) is 67.4 Å². The fourth-order valence-corrected chi connectivity index (χ4v) is 3.63. The van der Waals surface area contributed by atoms with Gasteiger partial charge >= 0.3 is 12.0 Å². The van der Waals surface area contributed by atoms with Gasteiger partial charge in [0, 0.05) is 15.5 Å². The van der Waals surface area contributed by atoms with Gasteiger partial charge < -0.3 is 15.4 Å². The molecule has 3 rings (SSSR count). The fraction of sp³-hybridized carbons (Fsp3) is 0.176. The Kier molecular flexibility index (Phi) is 4.16. The number of rotatable bonds is 3. The van der Waals surface area contributed by atoms with E-state index in [-0.39, 0.29) is 6.03 Å². The summed E-state index contributed by atoms with van der Waals surface area (Å²) >= 11 is 1.54. The maximum atomic E-state index is 12.1. The van der Waals surface area contributed by atoms with Crippen LogP contribution in [0, 0.1) is 0 Å². The van der Waals surface area contributed by atoms with Gasteiger partial charge in [0.2, 0.25) is 0 Å². The summed E-state index contributed by atoms with van der Waals surface area (Å²) in [5.74, 6) is -0.449. The van der Waals surface area contributed by atoms with E-state index < -0.39 is 12.0 Å².